The zero-order chi connectivity index (χ0) is 25.1. The summed E-state index contributed by atoms with van der Waals surface area (Å²) in [5.41, 5.74) is 2.08. The number of benzene rings is 2. The lowest BCUT2D eigenvalue weighted by Crippen LogP contribution is -2.40. The van der Waals surface area contributed by atoms with Gasteiger partial charge >= 0.3 is 5.97 Å². The number of aromatic nitrogens is 1. The summed E-state index contributed by atoms with van der Waals surface area (Å²) in [6.45, 7) is 5.26. The monoisotopic (exact) mass is 507 g/mol. The zero-order valence-electron chi connectivity index (χ0n) is 19.3. The molecule has 0 N–H and O–H groups in total. The Balaban J connectivity index is 1.84. The first-order chi connectivity index (χ1) is 16.8. The van der Waals surface area contributed by atoms with E-state index in [0.29, 0.717) is 31.4 Å². The smallest absolute Gasteiger partial charge is 0.338 e. The Bertz CT molecular complexity index is 1510. The quantitative estimate of drug-likeness (QED) is 0.474. The number of carbonyl (C=O) groups excluding carboxylic acids is 1. The van der Waals surface area contributed by atoms with Gasteiger partial charge in [0.25, 0.3) is 5.56 Å². The molecule has 1 atom stereocenters. The van der Waals surface area contributed by atoms with E-state index in [-0.39, 0.29) is 18.3 Å². The van der Waals surface area contributed by atoms with Crippen LogP contribution in [0.4, 0.5) is 0 Å². The molecule has 9 heteroatoms. The first-order valence-electron chi connectivity index (χ1n) is 10.9. The Hall–Kier alpha value is -3.67. The topological polar surface area (TPSA) is 93.7 Å². The van der Waals surface area contributed by atoms with Crippen molar-refractivity contribution >= 4 is 35.0 Å². The van der Waals surface area contributed by atoms with Crippen molar-refractivity contribution in [2.45, 2.75) is 32.9 Å². The van der Waals surface area contributed by atoms with E-state index < -0.39 is 12.0 Å². The van der Waals surface area contributed by atoms with Crippen LogP contribution in [0.2, 0.25) is 5.02 Å². The van der Waals surface area contributed by atoms with Crippen molar-refractivity contribution in [3.05, 3.63) is 95.6 Å². The second kappa shape index (κ2) is 10.3. The van der Waals surface area contributed by atoms with Crippen LogP contribution in [-0.4, -0.2) is 23.2 Å². The summed E-state index contributed by atoms with van der Waals surface area (Å²) in [5.74, 6) is 0.0558. The van der Waals surface area contributed by atoms with Crippen LogP contribution < -0.4 is 19.6 Å². The van der Waals surface area contributed by atoms with Gasteiger partial charge in [-0.3, -0.25) is 9.36 Å². The van der Waals surface area contributed by atoms with E-state index in [9.17, 15) is 9.59 Å². The Morgan fingerprint density at radius 3 is 2.54 bits per heavy atom. The van der Waals surface area contributed by atoms with Gasteiger partial charge in [-0.05, 0) is 62.2 Å². The average molecular weight is 508 g/mol. The molecule has 178 valence electrons. The van der Waals surface area contributed by atoms with Crippen LogP contribution in [0.5, 0.6) is 5.75 Å². The first kappa shape index (κ1) is 24.5. The summed E-state index contributed by atoms with van der Waals surface area (Å²) >= 11 is 7.34. The van der Waals surface area contributed by atoms with Crippen molar-refractivity contribution in [1.29, 1.82) is 5.26 Å². The predicted molar refractivity (Wildman–Crippen MR) is 134 cm³/mol. The SMILES string of the molecule is CC1=C(C(=O)OC(C)C)C(c2ccc(Cl)cc2)n2c(s/c(=C\c3ccc(OCC#N)cc3)c2=O)=N1. The third kappa shape index (κ3) is 5.21. The van der Waals surface area contributed by atoms with Crippen LogP contribution in [-0.2, 0) is 9.53 Å². The van der Waals surface area contributed by atoms with Crippen molar-refractivity contribution < 1.29 is 14.3 Å². The molecule has 1 aliphatic rings. The fourth-order valence-electron chi connectivity index (χ4n) is 3.75. The minimum Gasteiger partial charge on any atom is -0.479 e. The Labute approximate surface area is 210 Å². The number of allylic oxidation sites excluding steroid dienone is 1. The maximum Gasteiger partial charge on any atom is 0.338 e. The minimum absolute atomic E-state index is 0.0381. The second-order valence-corrected chi connectivity index (χ2v) is 9.55. The van der Waals surface area contributed by atoms with Crippen LogP contribution in [0, 0.1) is 11.3 Å². The number of ether oxygens (including phenoxy) is 2. The lowest BCUT2D eigenvalue weighted by atomic mass is 9.96. The van der Waals surface area contributed by atoms with Gasteiger partial charge in [0.15, 0.2) is 11.4 Å². The molecular formula is C26H22ClN3O4S. The van der Waals surface area contributed by atoms with Gasteiger partial charge in [-0.2, -0.15) is 5.26 Å². The van der Waals surface area contributed by atoms with Crippen molar-refractivity contribution in [1.82, 2.24) is 4.57 Å². The number of hydrogen-bond acceptors (Lipinski definition) is 7. The molecule has 0 radical (unpaired) electrons. The molecule has 0 bridgehead atoms. The Morgan fingerprint density at radius 2 is 1.91 bits per heavy atom. The molecule has 2 aromatic carbocycles. The molecule has 4 rings (SSSR count). The number of halogens is 1. The fraction of sp³-hybridized carbons (Fsp3) is 0.231. The van der Waals surface area contributed by atoms with Gasteiger partial charge in [0.1, 0.15) is 11.8 Å². The van der Waals surface area contributed by atoms with Crippen molar-refractivity contribution in [2.75, 3.05) is 6.61 Å². The molecule has 2 heterocycles. The van der Waals surface area contributed by atoms with Crippen LogP contribution >= 0.6 is 22.9 Å². The maximum atomic E-state index is 13.6. The fourth-order valence-corrected chi connectivity index (χ4v) is 4.92. The number of esters is 1. The minimum atomic E-state index is -0.696. The number of fused-ring (bicyclic) bond motifs is 1. The van der Waals surface area contributed by atoms with Gasteiger partial charge in [-0.1, -0.05) is 47.2 Å². The van der Waals surface area contributed by atoms with Crippen molar-refractivity contribution in [3.8, 4) is 11.8 Å². The summed E-state index contributed by atoms with van der Waals surface area (Å²) in [6, 6.07) is 15.4. The highest BCUT2D eigenvalue weighted by Crippen LogP contribution is 2.31. The number of rotatable bonds is 6. The van der Waals surface area contributed by atoms with Gasteiger partial charge in [0, 0.05) is 5.02 Å². The summed E-state index contributed by atoms with van der Waals surface area (Å²) in [6.07, 6.45) is 1.45. The zero-order valence-corrected chi connectivity index (χ0v) is 20.9. The molecule has 1 unspecified atom stereocenters. The molecule has 0 fully saturated rings. The van der Waals surface area contributed by atoms with E-state index in [0.717, 1.165) is 11.1 Å². The van der Waals surface area contributed by atoms with Gasteiger partial charge < -0.3 is 9.47 Å². The standard InChI is InChI=1S/C26H22ClN3O4S/c1-15(2)34-25(32)22-16(3)29-26-30(23(22)18-6-8-19(27)9-7-18)24(31)21(35-26)14-17-4-10-20(11-5-17)33-13-12-28/h4-11,14-15,23H,13H2,1-3H3/b21-14-. The molecule has 1 aliphatic heterocycles. The summed E-state index contributed by atoms with van der Waals surface area (Å²) in [7, 11) is 0. The van der Waals surface area contributed by atoms with Crippen molar-refractivity contribution in [3.63, 3.8) is 0 Å². The number of nitriles is 1. The number of hydrogen-bond donors (Lipinski definition) is 0. The summed E-state index contributed by atoms with van der Waals surface area (Å²) < 4.78 is 12.8. The van der Waals surface area contributed by atoms with Crippen molar-refractivity contribution in [2.24, 2.45) is 4.99 Å². The Morgan fingerprint density at radius 1 is 1.23 bits per heavy atom. The van der Waals surface area contributed by atoms with Gasteiger partial charge in [0.2, 0.25) is 0 Å². The van der Waals surface area contributed by atoms with E-state index in [1.165, 1.54) is 15.9 Å². The third-order valence-corrected chi connectivity index (χ3v) is 6.49. The molecule has 0 spiro atoms. The largest absolute Gasteiger partial charge is 0.479 e. The van der Waals surface area contributed by atoms with Gasteiger partial charge in [-0.15, -0.1) is 0 Å². The summed E-state index contributed by atoms with van der Waals surface area (Å²) in [4.78, 5) is 31.7. The molecule has 0 amide bonds. The second-order valence-electron chi connectivity index (χ2n) is 8.10. The molecule has 1 aromatic heterocycles. The molecule has 0 aliphatic carbocycles. The van der Waals surface area contributed by atoms with Crippen LogP contribution in [0.15, 0.2) is 69.6 Å². The Kier molecular flexibility index (Phi) is 7.20. The predicted octanol–water partition coefficient (Wildman–Crippen LogP) is 3.74. The molecule has 7 nitrogen and oxygen atoms in total. The lowest BCUT2D eigenvalue weighted by molar-refractivity contribution is -0.143. The van der Waals surface area contributed by atoms with E-state index >= 15 is 0 Å². The number of thiazole rings is 1. The molecule has 0 saturated carbocycles. The lowest BCUT2D eigenvalue weighted by Gasteiger charge is -2.25. The van der Waals surface area contributed by atoms with Crippen LogP contribution in [0.1, 0.15) is 37.9 Å². The van der Waals surface area contributed by atoms with Gasteiger partial charge in [0.05, 0.1) is 27.9 Å². The molecule has 3 aromatic rings. The van der Waals surface area contributed by atoms with E-state index in [1.54, 1.807) is 75.4 Å². The average Bonchev–Trinajstić information content (AvgIpc) is 3.12. The first-order valence-corrected chi connectivity index (χ1v) is 12.1. The van der Waals surface area contributed by atoms with Gasteiger partial charge in [-0.25, -0.2) is 9.79 Å². The number of carbonyl (C=O) groups is 1. The van der Waals surface area contributed by atoms with E-state index in [2.05, 4.69) is 4.99 Å². The number of nitrogens with zero attached hydrogens (tertiary/aromatic N) is 3. The third-order valence-electron chi connectivity index (χ3n) is 5.25. The highest BCUT2D eigenvalue weighted by atomic mass is 35.5. The normalized spacial score (nSPS) is 15.4. The highest BCUT2D eigenvalue weighted by molar-refractivity contribution is 7.07. The van der Waals surface area contributed by atoms with Crippen LogP contribution in [0.25, 0.3) is 6.08 Å². The highest BCUT2D eigenvalue weighted by Gasteiger charge is 2.33. The molecule has 0 saturated heterocycles. The maximum absolute atomic E-state index is 13.6. The van der Waals surface area contributed by atoms with Crippen LogP contribution in [0.3, 0.4) is 0 Å². The van der Waals surface area contributed by atoms with E-state index in [1.807, 2.05) is 6.07 Å². The van der Waals surface area contributed by atoms with E-state index in [4.69, 9.17) is 26.3 Å². The summed E-state index contributed by atoms with van der Waals surface area (Å²) in [5, 5.41) is 9.21. The molecule has 35 heavy (non-hydrogen) atoms. The molecular weight excluding hydrogens is 486 g/mol.